The van der Waals surface area contributed by atoms with Gasteiger partial charge >= 0.3 is 6.03 Å². The Balaban J connectivity index is 1.74. The van der Waals surface area contributed by atoms with Crippen molar-refractivity contribution in [1.82, 2.24) is 10.6 Å². The van der Waals surface area contributed by atoms with Crippen molar-refractivity contribution in [3.05, 3.63) is 69.8 Å². The van der Waals surface area contributed by atoms with Crippen LogP contribution in [0.15, 0.2) is 48.0 Å². The van der Waals surface area contributed by atoms with Gasteiger partial charge in [-0.1, -0.05) is 47.5 Å². The molecule has 1 fully saturated rings. The summed E-state index contributed by atoms with van der Waals surface area (Å²) >= 11 is 6.23. The Hall–Kier alpha value is -3.12. The predicted molar refractivity (Wildman–Crippen MR) is 96.6 cm³/mol. The number of nitrogens with one attached hydrogen (secondary N) is 2. The molecular weight excluding hydrogens is 356 g/mol. The van der Waals surface area contributed by atoms with Gasteiger partial charge in [-0.3, -0.25) is 20.2 Å². The first-order chi connectivity index (χ1) is 12.4. The smallest absolute Gasteiger partial charge is 0.328 e. The molecule has 3 rings (SSSR count). The van der Waals surface area contributed by atoms with Crippen molar-refractivity contribution in [2.45, 2.75) is 13.5 Å². The number of hydrogen-bond acceptors (Lipinski definition) is 4. The lowest BCUT2D eigenvalue weighted by Gasteiger charge is -2.14. The lowest BCUT2D eigenvalue weighted by atomic mass is 10.1. The van der Waals surface area contributed by atoms with Crippen molar-refractivity contribution in [1.29, 1.82) is 0 Å². The maximum atomic E-state index is 11.7. The zero-order valence-corrected chi connectivity index (χ0v) is 14.6. The van der Waals surface area contributed by atoms with Crippen LogP contribution in [0, 0.1) is 6.92 Å². The minimum Gasteiger partial charge on any atom is -0.487 e. The molecule has 0 aromatic heterocycles. The van der Waals surface area contributed by atoms with E-state index in [1.807, 2.05) is 41.8 Å². The number of carbonyl (C=O) groups excluding carboxylic acids is 3. The standard InChI is InChI=1S/C19H15ClN2O4/c1-11-2-4-12(5-3-11)10-26-16-7-6-13(9-15(16)20)8-14-17(23)21-19(25)22-18(14)24/h2-9H,10H2,1H3,(H2,21,22,23,24,25). The van der Waals surface area contributed by atoms with Crippen molar-refractivity contribution >= 4 is 35.5 Å². The summed E-state index contributed by atoms with van der Waals surface area (Å²) in [5.74, 6) is -1.02. The first-order valence-electron chi connectivity index (χ1n) is 7.78. The fourth-order valence-corrected chi connectivity index (χ4v) is 2.59. The minimum atomic E-state index is -0.838. The van der Waals surface area contributed by atoms with Gasteiger partial charge in [0.1, 0.15) is 17.9 Å². The van der Waals surface area contributed by atoms with Crippen molar-refractivity contribution in [2.24, 2.45) is 0 Å². The van der Waals surface area contributed by atoms with E-state index in [9.17, 15) is 14.4 Å². The zero-order valence-electron chi connectivity index (χ0n) is 13.8. The lowest BCUT2D eigenvalue weighted by Crippen LogP contribution is -2.51. The first kappa shape index (κ1) is 17.7. The van der Waals surface area contributed by atoms with E-state index in [4.69, 9.17) is 16.3 Å². The van der Waals surface area contributed by atoms with Crippen molar-refractivity contribution in [3.8, 4) is 5.75 Å². The van der Waals surface area contributed by atoms with E-state index in [0.717, 1.165) is 5.56 Å². The Bertz CT molecular complexity index is 898. The zero-order chi connectivity index (χ0) is 18.7. The van der Waals surface area contributed by atoms with Crippen LogP contribution in [0.4, 0.5) is 4.79 Å². The van der Waals surface area contributed by atoms with Gasteiger partial charge in [0.15, 0.2) is 0 Å². The number of carbonyl (C=O) groups is 3. The fraction of sp³-hybridized carbons (Fsp3) is 0.105. The summed E-state index contributed by atoms with van der Waals surface area (Å²) in [6.45, 7) is 2.38. The number of ether oxygens (including phenoxy) is 1. The number of imide groups is 2. The number of barbiturate groups is 1. The average molecular weight is 371 g/mol. The third-order valence-corrected chi connectivity index (χ3v) is 4.02. The number of aryl methyl sites for hydroxylation is 1. The van der Waals surface area contributed by atoms with Crippen molar-refractivity contribution < 1.29 is 19.1 Å². The van der Waals surface area contributed by atoms with E-state index in [1.54, 1.807) is 18.2 Å². The molecular formula is C19H15ClN2O4. The second kappa shape index (κ2) is 7.41. The third kappa shape index (κ3) is 4.10. The van der Waals surface area contributed by atoms with E-state index < -0.39 is 17.8 Å². The highest BCUT2D eigenvalue weighted by Gasteiger charge is 2.27. The van der Waals surface area contributed by atoms with Crippen LogP contribution in [0.25, 0.3) is 6.08 Å². The van der Waals surface area contributed by atoms with Crippen LogP contribution in [0.3, 0.4) is 0 Å². The van der Waals surface area contributed by atoms with Crippen LogP contribution in [0.1, 0.15) is 16.7 Å². The van der Waals surface area contributed by atoms with Crippen LogP contribution >= 0.6 is 11.6 Å². The summed E-state index contributed by atoms with van der Waals surface area (Å²) in [7, 11) is 0. The van der Waals surface area contributed by atoms with Gasteiger partial charge < -0.3 is 4.74 Å². The minimum absolute atomic E-state index is 0.172. The number of amides is 4. The monoisotopic (exact) mass is 370 g/mol. The molecule has 26 heavy (non-hydrogen) atoms. The summed E-state index contributed by atoms with van der Waals surface area (Å²) in [6.07, 6.45) is 1.35. The fourth-order valence-electron chi connectivity index (χ4n) is 2.34. The Kier molecular flexibility index (Phi) is 5.04. The molecule has 7 heteroatoms. The SMILES string of the molecule is Cc1ccc(COc2ccc(C=C3C(=O)NC(=O)NC3=O)cc2Cl)cc1. The van der Waals surface area contributed by atoms with Gasteiger partial charge in [0.2, 0.25) is 0 Å². The number of benzene rings is 2. The molecule has 0 saturated carbocycles. The molecule has 1 heterocycles. The van der Waals surface area contributed by atoms with E-state index in [0.29, 0.717) is 22.9 Å². The molecule has 1 saturated heterocycles. The van der Waals surface area contributed by atoms with Gasteiger partial charge in [-0.25, -0.2) is 4.79 Å². The molecule has 0 unspecified atom stereocenters. The molecule has 0 atom stereocenters. The molecule has 1 aliphatic rings. The molecule has 6 nitrogen and oxygen atoms in total. The van der Waals surface area contributed by atoms with E-state index in [1.165, 1.54) is 11.6 Å². The summed E-state index contributed by atoms with van der Waals surface area (Å²) in [4.78, 5) is 34.5. The highest BCUT2D eigenvalue weighted by molar-refractivity contribution is 6.33. The number of rotatable bonds is 4. The summed E-state index contributed by atoms with van der Waals surface area (Å²) in [5, 5.41) is 4.37. The first-order valence-corrected chi connectivity index (χ1v) is 8.16. The molecule has 4 amide bonds. The van der Waals surface area contributed by atoms with E-state index in [2.05, 4.69) is 0 Å². The highest BCUT2D eigenvalue weighted by Crippen LogP contribution is 2.27. The molecule has 2 aromatic carbocycles. The molecule has 2 aromatic rings. The van der Waals surface area contributed by atoms with Gasteiger partial charge in [-0.05, 0) is 36.3 Å². The second-order valence-corrected chi connectivity index (χ2v) is 6.17. The molecule has 132 valence electrons. The summed E-state index contributed by atoms with van der Waals surface area (Å²) in [6, 6.07) is 12.0. The van der Waals surface area contributed by atoms with E-state index >= 15 is 0 Å². The molecule has 2 N–H and O–H groups in total. The molecule has 0 radical (unpaired) electrons. The van der Waals surface area contributed by atoms with Gasteiger partial charge in [0.05, 0.1) is 5.02 Å². The summed E-state index contributed by atoms with van der Waals surface area (Å²) in [5.41, 5.74) is 2.54. The summed E-state index contributed by atoms with van der Waals surface area (Å²) < 4.78 is 5.71. The Morgan fingerprint density at radius 2 is 1.65 bits per heavy atom. The van der Waals surface area contributed by atoms with Gasteiger partial charge in [0.25, 0.3) is 11.8 Å². The Labute approximate surface area is 154 Å². The molecule has 0 spiro atoms. The Morgan fingerprint density at radius 3 is 2.27 bits per heavy atom. The second-order valence-electron chi connectivity index (χ2n) is 5.76. The normalized spacial score (nSPS) is 13.9. The van der Waals surface area contributed by atoms with Crippen LogP contribution in [0.5, 0.6) is 5.75 Å². The van der Waals surface area contributed by atoms with E-state index in [-0.39, 0.29) is 5.57 Å². The van der Waals surface area contributed by atoms with Gasteiger partial charge in [0, 0.05) is 0 Å². The number of urea groups is 1. The molecule has 1 aliphatic heterocycles. The Morgan fingerprint density at radius 1 is 1.00 bits per heavy atom. The van der Waals surface area contributed by atoms with Gasteiger partial charge in [-0.15, -0.1) is 0 Å². The molecule has 0 bridgehead atoms. The number of halogens is 1. The number of hydrogen-bond donors (Lipinski definition) is 2. The topological polar surface area (TPSA) is 84.5 Å². The maximum Gasteiger partial charge on any atom is 0.328 e. The van der Waals surface area contributed by atoms with Crippen molar-refractivity contribution in [3.63, 3.8) is 0 Å². The molecule has 0 aliphatic carbocycles. The predicted octanol–water partition coefficient (Wildman–Crippen LogP) is 2.98. The third-order valence-electron chi connectivity index (χ3n) is 3.73. The van der Waals surface area contributed by atoms with Gasteiger partial charge in [-0.2, -0.15) is 0 Å². The largest absolute Gasteiger partial charge is 0.487 e. The van der Waals surface area contributed by atoms with Crippen LogP contribution < -0.4 is 15.4 Å². The van der Waals surface area contributed by atoms with Crippen molar-refractivity contribution in [2.75, 3.05) is 0 Å². The van der Waals surface area contributed by atoms with Crippen LogP contribution in [-0.4, -0.2) is 17.8 Å². The lowest BCUT2D eigenvalue weighted by molar-refractivity contribution is -0.123. The highest BCUT2D eigenvalue weighted by atomic mass is 35.5. The maximum absolute atomic E-state index is 11.7. The quantitative estimate of drug-likeness (QED) is 0.640. The van der Waals surface area contributed by atoms with Crippen LogP contribution in [-0.2, 0) is 16.2 Å². The van der Waals surface area contributed by atoms with Crippen LogP contribution in [0.2, 0.25) is 5.02 Å². The average Bonchev–Trinajstić information content (AvgIpc) is 2.59.